The number of carbonyl (C=O) groups is 4. The second-order valence-electron chi connectivity index (χ2n) is 3.65. The molecule has 7 heteroatoms. The summed E-state index contributed by atoms with van der Waals surface area (Å²) >= 11 is 0. The van der Waals surface area contributed by atoms with Gasteiger partial charge >= 0.3 is 11.9 Å². The molecule has 2 amide bonds. The van der Waals surface area contributed by atoms with Gasteiger partial charge in [-0.15, -0.1) is 0 Å². The molecule has 7 nitrogen and oxygen atoms in total. The Bertz CT molecular complexity index is 396. The molecular formula is C14H17NO6. The van der Waals surface area contributed by atoms with Crippen molar-refractivity contribution in [3.05, 3.63) is 37.1 Å². The minimum absolute atomic E-state index is 0.329. The van der Waals surface area contributed by atoms with E-state index in [0.717, 1.165) is 25.2 Å². The van der Waals surface area contributed by atoms with Gasteiger partial charge < -0.3 is 9.47 Å². The van der Waals surface area contributed by atoms with Gasteiger partial charge in [-0.3, -0.25) is 14.9 Å². The van der Waals surface area contributed by atoms with Crippen molar-refractivity contribution in [3.63, 3.8) is 0 Å². The Labute approximate surface area is 122 Å². The topological polar surface area (TPSA) is 98.8 Å². The summed E-state index contributed by atoms with van der Waals surface area (Å²) in [4.78, 5) is 39.9. The number of hydrogen-bond acceptors (Lipinski definition) is 6. The monoisotopic (exact) mass is 295 g/mol. The third-order valence-corrected chi connectivity index (χ3v) is 1.92. The molecule has 0 saturated carbocycles. The van der Waals surface area contributed by atoms with Crippen molar-refractivity contribution < 1.29 is 28.7 Å². The van der Waals surface area contributed by atoms with E-state index in [1.807, 2.05) is 5.32 Å². The number of carbonyl (C=O) groups excluding carboxylic acids is 4. The van der Waals surface area contributed by atoms with E-state index in [9.17, 15) is 19.2 Å². The van der Waals surface area contributed by atoms with Crippen molar-refractivity contribution in [1.82, 2.24) is 5.32 Å². The molecule has 0 aromatic carbocycles. The smallest absolute Gasteiger partial charge is 0.338 e. The summed E-state index contributed by atoms with van der Waals surface area (Å²) in [5.41, 5.74) is 0. The number of esters is 2. The normalized spacial score (nSPS) is 14.5. The molecule has 0 saturated heterocycles. The fourth-order valence-corrected chi connectivity index (χ4v) is 0.970. The van der Waals surface area contributed by atoms with Gasteiger partial charge in [0.25, 0.3) is 11.8 Å². The van der Waals surface area contributed by atoms with Crippen LogP contribution in [0.25, 0.3) is 0 Å². The lowest BCUT2D eigenvalue weighted by Crippen LogP contribution is -2.19. The minimum Gasteiger partial charge on any atom is -0.502 e. The first-order valence-electron chi connectivity index (χ1n) is 6.19. The Balaban J connectivity index is 0.000000286. The maximum absolute atomic E-state index is 10.0. The van der Waals surface area contributed by atoms with Crippen LogP contribution < -0.4 is 5.32 Å². The summed E-state index contributed by atoms with van der Waals surface area (Å²) in [6.07, 6.45) is 8.37. The van der Waals surface area contributed by atoms with E-state index >= 15 is 0 Å². The van der Waals surface area contributed by atoms with Crippen LogP contribution in [-0.2, 0) is 28.7 Å². The van der Waals surface area contributed by atoms with E-state index in [4.69, 9.17) is 4.74 Å². The third-order valence-electron chi connectivity index (χ3n) is 1.92. The van der Waals surface area contributed by atoms with E-state index in [2.05, 4.69) is 18.2 Å². The van der Waals surface area contributed by atoms with E-state index in [0.29, 0.717) is 0 Å². The molecular weight excluding hydrogens is 278 g/mol. The second kappa shape index (κ2) is 11.2. The van der Waals surface area contributed by atoms with Crippen molar-refractivity contribution in [2.75, 3.05) is 6.61 Å². The zero-order valence-electron chi connectivity index (χ0n) is 11.7. The lowest BCUT2D eigenvalue weighted by atomic mass is 10.4. The van der Waals surface area contributed by atoms with Gasteiger partial charge in [0.2, 0.25) is 0 Å². The summed E-state index contributed by atoms with van der Waals surface area (Å²) < 4.78 is 8.81. The third kappa shape index (κ3) is 10.9. The number of hydrogen-bond donors (Lipinski definition) is 1. The predicted molar refractivity (Wildman–Crippen MR) is 73.6 cm³/mol. The Morgan fingerprint density at radius 1 is 1.10 bits per heavy atom. The lowest BCUT2D eigenvalue weighted by Gasteiger charge is -1.93. The highest BCUT2D eigenvalue weighted by Gasteiger charge is 2.10. The Morgan fingerprint density at radius 2 is 1.62 bits per heavy atom. The second-order valence-corrected chi connectivity index (χ2v) is 3.65. The van der Waals surface area contributed by atoms with Gasteiger partial charge in [0, 0.05) is 24.3 Å². The molecule has 21 heavy (non-hydrogen) atoms. The standard InChI is InChI=1S/C6H12O.C4H3NO2.C4H2O3/c1-3-5-6-7-4-2;6-3-1-2-4(7)5-3;5-3-1-2-4(6)7-3/h4H,2-3,5-6H2,1H3;1-2H,(H,5,6,7);1-2H. The van der Waals surface area contributed by atoms with Gasteiger partial charge in [0.15, 0.2) is 0 Å². The Morgan fingerprint density at radius 3 is 1.86 bits per heavy atom. The maximum Gasteiger partial charge on any atom is 0.338 e. The summed E-state index contributed by atoms with van der Waals surface area (Å²) in [5, 5.41) is 2.03. The molecule has 2 rings (SSSR count). The molecule has 0 bridgehead atoms. The molecule has 0 radical (unpaired) electrons. The maximum atomic E-state index is 10.0. The number of rotatable bonds is 4. The van der Waals surface area contributed by atoms with E-state index in [-0.39, 0.29) is 11.8 Å². The average Bonchev–Trinajstić information content (AvgIpc) is 3.00. The van der Waals surface area contributed by atoms with E-state index < -0.39 is 11.9 Å². The van der Waals surface area contributed by atoms with Crippen LogP contribution in [0.4, 0.5) is 0 Å². The van der Waals surface area contributed by atoms with Crippen LogP contribution in [0.5, 0.6) is 0 Å². The SMILES string of the molecule is C=COCCCC.O=C1C=CC(=O)N1.O=C1C=CC(=O)O1. The van der Waals surface area contributed by atoms with Crippen LogP contribution in [0.15, 0.2) is 37.1 Å². The first-order chi connectivity index (χ1) is 9.99. The molecule has 1 N–H and O–H groups in total. The highest BCUT2D eigenvalue weighted by Crippen LogP contribution is 1.92. The first-order valence-corrected chi connectivity index (χ1v) is 6.19. The molecule has 0 aromatic heterocycles. The highest BCUT2D eigenvalue weighted by molar-refractivity contribution is 6.12. The zero-order valence-corrected chi connectivity index (χ0v) is 11.7. The van der Waals surface area contributed by atoms with Crippen molar-refractivity contribution in [1.29, 1.82) is 0 Å². The van der Waals surface area contributed by atoms with E-state index in [1.165, 1.54) is 24.8 Å². The van der Waals surface area contributed by atoms with Crippen molar-refractivity contribution >= 4 is 23.8 Å². The van der Waals surface area contributed by atoms with Crippen molar-refractivity contribution in [3.8, 4) is 0 Å². The van der Waals surface area contributed by atoms with Gasteiger partial charge in [0.05, 0.1) is 12.9 Å². The van der Waals surface area contributed by atoms with Crippen molar-refractivity contribution in [2.24, 2.45) is 0 Å². The molecule has 2 heterocycles. The fourth-order valence-electron chi connectivity index (χ4n) is 0.970. The van der Waals surface area contributed by atoms with Gasteiger partial charge in [0.1, 0.15) is 0 Å². The molecule has 0 unspecified atom stereocenters. The summed E-state index contributed by atoms with van der Waals surface area (Å²) in [5.74, 6) is -1.81. The van der Waals surface area contributed by atoms with Crippen LogP contribution in [0.1, 0.15) is 19.8 Å². The fraction of sp³-hybridized carbons (Fsp3) is 0.286. The molecule has 0 aliphatic carbocycles. The quantitative estimate of drug-likeness (QED) is 0.270. The number of cyclic esters (lactones) is 2. The molecule has 2 aliphatic rings. The first kappa shape index (κ1) is 18.3. The molecule has 2 aliphatic heterocycles. The van der Waals surface area contributed by atoms with Gasteiger partial charge in [-0.1, -0.05) is 19.9 Å². The summed E-state index contributed by atoms with van der Waals surface area (Å²) in [6, 6.07) is 0. The highest BCUT2D eigenvalue weighted by atomic mass is 16.6. The molecule has 114 valence electrons. The summed E-state index contributed by atoms with van der Waals surface area (Å²) in [7, 11) is 0. The van der Waals surface area contributed by atoms with Gasteiger partial charge in [-0.05, 0) is 6.42 Å². The Kier molecular flexibility index (Phi) is 9.72. The van der Waals surface area contributed by atoms with Crippen LogP contribution in [-0.4, -0.2) is 30.4 Å². The molecule has 0 fully saturated rings. The van der Waals surface area contributed by atoms with E-state index in [1.54, 1.807) is 0 Å². The summed E-state index contributed by atoms with van der Waals surface area (Å²) in [6.45, 7) is 6.36. The predicted octanol–water partition coefficient (Wildman–Crippen LogP) is 0.772. The number of nitrogens with one attached hydrogen (secondary N) is 1. The van der Waals surface area contributed by atoms with Crippen LogP contribution >= 0.6 is 0 Å². The lowest BCUT2D eigenvalue weighted by molar-refractivity contribution is -0.150. The van der Waals surface area contributed by atoms with Crippen LogP contribution in [0.3, 0.4) is 0 Å². The largest absolute Gasteiger partial charge is 0.502 e. The zero-order chi connectivity index (χ0) is 16.1. The Hall–Kier alpha value is -2.70. The number of unbranched alkanes of at least 4 members (excludes halogenated alkanes) is 1. The van der Waals surface area contributed by atoms with Gasteiger partial charge in [-0.25, -0.2) is 9.59 Å². The van der Waals surface area contributed by atoms with Crippen molar-refractivity contribution in [2.45, 2.75) is 19.8 Å². The minimum atomic E-state index is -0.579. The number of ether oxygens (including phenoxy) is 2. The molecule has 0 atom stereocenters. The van der Waals surface area contributed by atoms with Crippen LogP contribution in [0, 0.1) is 0 Å². The molecule has 0 spiro atoms. The number of amides is 2. The number of imide groups is 1. The van der Waals surface area contributed by atoms with Gasteiger partial charge in [-0.2, -0.15) is 0 Å². The average molecular weight is 295 g/mol. The molecule has 0 aromatic rings. The van der Waals surface area contributed by atoms with Crippen LogP contribution in [0.2, 0.25) is 0 Å².